The second-order valence-electron chi connectivity index (χ2n) is 7.67. The molecule has 2 aromatic carbocycles. The van der Waals surface area contributed by atoms with Crippen molar-refractivity contribution in [2.24, 2.45) is 5.92 Å². The van der Waals surface area contributed by atoms with Crippen molar-refractivity contribution < 1.29 is 34.7 Å². The molecule has 0 aromatic heterocycles. The maximum absolute atomic E-state index is 12.7. The third-order valence-corrected chi connectivity index (χ3v) is 5.32. The summed E-state index contributed by atoms with van der Waals surface area (Å²) in [7, 11) is 0. The maximum Gasteiger partial charge on any atom is 0.314 e. The number of carbonyl (C=O) groups excluding carboxylic acids is 1. The van der Waals surface area contributed by atoms with Crippen LogP contribution >= 0.6 is 0 Å². The summed E-state index contributed by atoms with van der Waals surface area (Å²) in [6, 6.07) is 6.93. The topological polar surface area (TPSA) is 116 Å². The molecule has 2 atom stereocenters. The van der Waals surface area contributed by atoms with Crippen molar-refractivity contribution in [3.8, 4) is 28.7 Å². The number of fused-ring (bicyclic) bond motifs is 1. The molecule has 3 rings (SSSR count). The van der Waals surface area contributed by atoms with Crippen molar-refractivity contribution in [2.45, 2.75) is 58.2 Å². The molecule has 4 N–H and O–H groups in total. The third kappa shape index (κ3) is 4.62. The number of benzene rings is 2. The van der Waals surface area contributed by atoms with E-state index >= 15 is 0 Å². The largest absolute Gasteiger partial charge is 0.508 e. The van der Waals surface area contributed by atoms with Gasteiger partial charge in [0.25, 0.3) is 0 Å². The average molecular weight is 416 g/mol. The van der Waals surface area contributed by atoms with Gasteiger partial charge in [-0.05, 0) is 30.5 Å². The van der Waals surface area contributed by atoms with E-state index in [-0.39, 0.29) is 41.3 Å². The second kappa shape index (κ2) is 9.26. The van der Waals surface area contributed by atoms with Crippen molar-refractivity contribution >= 4 is 5.97 Å². The number of carbonyl (C=O) groups is 1. The van der Waals surface area contributed by atoms with Gasteiger partial charge in [-0.25, -0.2) is 0 Å². The molecule has 1 aliphatic rings. The van der Waals surface area contributed by atoms with Crippen LogP contribution in [0.4, 0.5) is 0 Å². The summed E-state index contributed by atoms with van der Waals surface area (Å²) in [6.07, 6.45) is 1.50. The van der Waals surface area contributed by atoms with Gasteiger partial charge in [0.15, 0.2) is 11.5 Å². The highest BCUT2D eigenvalue weighted by Crippen LogP contribution is 2.43. The Balaban J connectivity index is 1.88. The summed E-state index contributed by atoms with van der Waals surface area (Å²) in [6.45, 7) is 4.02. The van der Waals surface area contributed by atoms with Crippen LogP contribution in [0.3, 0.4) is 0 Å². The molecular formula is C23H28O7. The minimum atomic E-state index is -0.981. The normalized spacial score (nSPS) is 18.0. The molecule has 0 saturated heterocycles. The summed E-state index contributed by atoms with van der Waals surface area (Å²) >= 11 is 0. The molecule has 0 fully saturated rings. The Kier molecular flexibility index (Phi) is 6.72. The van der Waals surface area contributed by atoms with Gasteiger partial charge in [0.2, 0.25) is 0 Å². The van der Waals surface area contributed by atoms with E-state index in [1.165, 1.54) is 30.3 Å². The lowest BCUT2D eigenvalue weighted by atomic mass is 9.93. The van der Waals surface area contributed by atoms with Gasteiger partial charge in [0, 0.05) is 24.1 Å². The van der Waals surface area contributed by atoms with Crippen molar-refractivity contribution in [1.82, 2.24) is 0 Å². The van der Waals surface area contributed by atoms with Crippen molar-refractivity contribution in [3.63, 3.8) is 0 Å². The van der Waals surface area contributed by atoms with Crippen LogP contribution in [-0.2, 0) is 11.2 Å². The molecule has 2 aromatic rings. The van der Waals surface area contributed by atoms with Gasteiger partial charge < -0.3 is 29.9 Å². The number of ether oxygens (including phenoxy) is 2. The van der Waals surface area contributed by atoms with E-state index < -0.39 is 12.2 Å². The zero-order valence-corrected chi connectivity index (χ0v) is 17.2. The zero-order chi connectivity index (χ0) is 21.8. The molecular weight excluding hydrogens is 388 g/mol. The lowest BCUT2D eigenvalue weighted by Crippen LogP contribution is -2.31. The number of aromatic hydroxyl groups is 3. The first-order chi connectivity index (χ1) is 14.3. The van der Waals surface area contributed by atoms with E-state index in [0.29, 0.717) is 16.9 Å². The number of hydrogen-bond acceptors (Lipinski definition) is 7. The number of aliphatic hydroxyl groups excluding tert-OH is 1. The minimum Gasteiger partial charge on any atom is -0.508 e. The van der Waals surface area contributed by atoms with Crippen LogP contribution in [-0.4, -0.2) is 32.5 Å². The van der Waals surface area contributed by atoms with E-state index in [9.17, 15) is 25.2 Å². The van der Waals surface area contributed by atoms with Crippen molar-refractivity contribution in [3.05, 3.63) is 41.5 Å². The molecule has 0 spiro atoms. The number of aliphatic hydroxyl groups is 1. The van der Waals surface area contributed by atoms with Gasteiger partial charge in [-0.1, -0.05) is 32.8 Å². The molecule has 0 radical (unpaired) electrons. The van der Waals surface area contributed by atoms with Gasteiger partial charge >= 0.3 is 5.97 Å². The predicted molar refractivity (Wildman–Crippen MR) is 110 cm³/mol. The molecule has 0 saturated carbocycles. The Morgan fingerprint density at radius 1 is 1.10 bits per heavy atom. The van der Waals surface area contributed by atoms with Gasteiger partial charge in [-0.3, -0.25) is 4.79 Å². The average Bonchev–Trinajstić information content (AvgIpc) is 2.70. The Labute approximate surface area is 175 Å². The van der Waals surface area contributed by atoms with Gasteiger partial charge in [0.1, 0.15) is 23.4 Å². The number of phenolic OH excluding ortho intramolecular Hbond substituents is 3. The van der Waals surface area contributed by atoms with Crippen LogP contribution in [0.15, 0.2) is 30.3 Å². The Morgan fingerprint density at radius 2 is 1.80 bits per heavy atom. The van der Waals surface area contributed by atoms with Crippen LogP contribution < -0.4 is 9.47 Å². The molecule has 30 heavy (non-hydrogen) atoms. The van der Waals surface area contributed by atoms with Crippen molar-refractivity contribution in [1.29, 1.82) is 0 Å². The molecule has 7 nitrogen and oxygen atoms in total. The minimum absolute atomic E-state index is 0.122. The molecule has 7 heteroatoms. The summed E-state index contributed by atoms with van der Waals surface area (Å²) in [4.78, 5) is 12.7. The molecule has 0 aliphatic carbocycles. The quantitative estimate of drug-likeness (QED) is 0.307. The predicted octanol–water partition coefficient (Wildman–Crippen LogP) is 3.96. The van der Waals surface area contributed by atoms with Crippen LogP contribution in [0.1, 0.15) is 56.8 Å². The Morgan fingerprint density at radius 3 is 2.43 bits per heavy atom. The molecule has 1 aliphatic heterocycles. The van der Waals surface area contributed by atoms with Gasteiger partial charge in [-0.15, -0.1) is 0 Å². The number of esters is 1. The van der Waals surface area contributed by atoms with Crippen LogP contribution in [0, 0.1) is 5.92 Å². The SMILES string of the molecule is CCCC(CCC)C(=O)Oc1cc(O)cc2c1CC(O)C(c1ccc(O)c(O)c1)O2. The van der Waals surface area contributed by atoms with Crippen LogP contribution in [0.25, 0.3) is 0 Å². The van der Waals surface area contributed by atoms with E-state index in [0.717, 1.165) is 25.7 Å². The molecule has 2 unspecified atom stereocenters. The third-order valence-electron chi connectivity index (χ3n) is 5.32. The van der Waals surface area contributed by atoms with Crippen LogP contribution in [0.5, 0.6) is 28.7 Å². The highest BCUT2D eigenvalue weighted by molar-refractivity contribution is 5.76. The lowest BCUT2D eigenvalue weighted by Gasteiger charge is -2.32. The summed E-state index contributed by atoms with van der Waals surface area (Å²) in [5, 5.41) is 40.0. The second-order valence-corrected chi connectivity index (χ2v) is 7.67. The molecule has 1 heterocycles. The highest BCUT2D eigenvalue weighted by Gasteiger charge is 2.33. The molecule has 162 valence electrons. The Hall–Kier alpha value is -2.93. The maximum atomic E-state index is 12.7. The molecule has 0 bridgehead atoms. The first-order valence-corrected chi connectivity index (χ1v) is 10.3. The smallest absolute Gasteiger partial charge is 0.314 e. The van der Waals surface area contributed by atoms with Gasteiger partial charge in [0.05, 0.1) is 12.0 Å². The number of phenols is 3. The summed E-state index contributed by atoms with van der Waals surface area (Å²) in [5.41, 5.74) is 0.968. The van der Waals surface area contributed by atoms with Crippen molar-refractivity contribution in [2.75, 3.05) is 0 Å². The lowest BCUT2D eigenvalue weighted by molar-refractivity contribution is -0.139. The monoisotopic (exact) mass is 416 g/mol. The summed E-state index contributed by atoms with van der Waals surface area (Å²) in [5.74, 6) is -0.821. The Bertz CT molecular complexity index is 903. The first-order valence-electron chi connectivity index (χ1n) is 10.3. The van der Waals surface area contributed by atoms with Gasteiger partial charge in [-0.2, -0.15) is 0 Å². The van der Waals surface area contributed by atoms with E-state index in [1.54, 1.807) is 0 Å². The standard InChI is InChI=1S/C23H28O7/c1-3-5-13(6-4-2)23(28)30-21-11-15(24)10-20-16(21)12-19(27)22(29-20)14-7-8-17(25)18(26)9-14/h7-11,13,19,22,24-27H,3-6,12H2,1-2H3. The fourth-order valence-corrected chi connectivity index (χ4v) is 3.81. The first kappa shape index (κ1) is 21.8. The molecule has 0 amide bonds. The number of rotatable bonds is 7. The van der Waals surface area contributed by atoms with E-state index in [2.05, 4.69) is 0 Å². The number of hydrogen-bond donors (Lipinski definition) is 4. The summed E-state index contributed by atoms with van der Waals surface area (Å²) < 4.78 is 11.5. The fourth-order valence-electron chi connectivity index (χ4n) is 3.81. The fraction of sp³-hybridized carbons (Fsp3) is 0.435. The highest BCUT2D eigenvalue weighted by atomic mass is 16.5. The van der Waals surface area contributed by atoms with E-state index in [1.807, 2.05) is 13.8 Å². The van der Waals surface area contributed by atoms with E-state index in [4.69, 9.17) is 9.47 Å². The zero-order valence-electron chi connectivity index (χ0n) is 17.2. The van der Waals surface area contributed by atoms with Crippen LogP contribution in [0.2, 0.25) is 0 Å².